The average molecular weight is 379 g/mol. The maximum atomic E-state index is 12.5. The molecule has 0 aliphatic carbocycles. The molecule has 1 aliphatic rings. The van der Waals surface area contributed by atoms with Crippen molar-refractivity contribution in [3.05, 3.63) is 54.1 Å². The Morgan fingerprint density at radius 3 is 2.46 bits per heavy atom. The van der Waals surface area contributed by atoms with Gasteiger partial charge in [0.2, 0.25) is 5.95 Å². The molecule has 146 valence electrons. The minimum absolute atomic E-state index is 0.0273. The van der Waals surface area contributed by atoms with Gasteiger partial charge in [-0.3, -0.25) is 0 Å². The van der Waals surface area contributed by atoms with Gasteiger partial charge >= 0.3 is 6.03 Å². The zero-order chi connectivity index (χ0) is 19.5. The number of aryl methyl sites for hydroxylation is 1. The molecule has 0 saturated carbocycles. The summed E-state index contributed by atoms with van der Waals surface area (Å²) < 4.78 is 7.28. The number of hydrogen-bond acceptors (Lipinski definition) is 4. The molecule has 0 radical (unpaired) electrons. The van der Waals surface area contributed by atoms with E-state index in [0.717, 1.165) is 41.4 Å². The number of hydrogen-bond donors (Lipinski definition) is 1. The van der Waals surface area contributed by atoms with Crippen LogP contribution >= 0.6 is 0 Å². The van der Waals surface area contributed by atoms with Gasteiger partial charge in [0.15, 0.2) is 0 Å². The Kier molecular flexibility index (Phi) is 5.06. The Hall–Kier alpha value is -3.22. The van der Waals surface area contributed by atoms with Gasteiger partial charge in [0.25, 0.3) is 0 Å². The van der Waals surface area contributed by atoms with Crippen LogP contribution in [0, 0.1) is 0 Å². The highest BCUT2D eigenvalue weighted by Gasteiger charge is 2.23. The van der Waals surface area contributed by atoms with Crippen molar-refractivity contribution < 1.29 is 9.53 Å². The van der Waals surface area contributed by atoms with E-state index in [-0.39, 0.29) is 6.03 Å². The molecule has 1 aromatic heterocycles. The van der Waals surface area contributed by atoms with Crippen LogP contribution in [0.1, 0.15) is 5.56 Å². The van der Waals surface area contributed by atoms with Crippen LogP contribution in [0.4, 0.5) is 10.7 Å². The van der Waals surface area contributed by atoms with E-state index in [1.54, 1.807) is 7.11 Å². The molecule has 2 heterocycles. The van der Waals surface area contributed by atoms with Gasteiger partial charge in [-0.05, 0) is 29.8 Å². The first-order chi connectivity index (χ1) is 13.7. The summed E-state index contributed by atoms with van der Waals surface area (Å²) in [6, 6.07) is 15.8. The van der Waals surface area contributed by atoms with E-state index in [1.165, 1.54) is 0 Å². The standard InChI is InChI=1S/C21H25N5O2/c1-24-19-6-4-3-5-18(19)23-20(24)25-11-13-26(14-12-25)21(27)22-15-16-7-9-17(28-2)10-8-16/h3-10H,11-15H2,1-2H3,(H,22,27). The average Bonchev–Trinajstić information content (AvgIpc) is 3.09. The summed E-state index contributed by atoms with van der Waals surface area (Å²) in [7, 11) is 3.68. The zero-order valence-corrected chi connectivity index (χ0v) is 16.3. The van der Waals surface area contributed by atoms with Gasteiger partial charge in [-0.2, -0.15) is 0 Å². The number of ether oxygens (including phenoxy) is 1. The van der Waals surface area contributed by atoms with E-state index in [9.17, 15) is 4.79 Å². The Morgan fingerprint density at radius 1 is 1.07 bits per heavy atom. The Bertz CT molecular complexity index is 959. The van der Waals surface area contributed by atoms with Crippen LogP contribution < -0.4 is 15.0 Å². The first-order valence-corrected chi connectivity index (χ1v) is 9.48. The largest absolute Gasteiger partial charge is 0.497 e. The number of imidazole rings is 1. The fourth-order valence-corrected chi connectivity index (χ4v) is 3.56. The van der Waals surface area contributed by atoms with Crippen LogP contribution in [0.25, 0.3) is 11.0 Å². The summed E-state index contributed by atoms with van der Waals surface area (Å²) in [6.45, 7) is 3.41. The highest BCUT2D eigenvalue weighted by molar-refractivity contribution is 5.79. The second-order valence-corrected chi connectivity index (χ2v) is 6.94. The van der Waals surface area contributed by atoms with Gasteiger partial charge in [-0.25, -0.2) is 9.78 Å². The maximum Gasteiger partial charge on any atom is 0.317 e. The number of aromatic nitrogens is 2. The number of anilines is 1. The van der Waals surface area contributed by atoms with Gasteiger partial charge in [-0.1, -0.05) is 24.3 Å². The molecule has 0 unspecified atom stereocenters. The number of carbonyl (C=O) groups is 1. The lowest BCUT2D eigenvalue weighted by Crippen LogP contribution is -2.52. The normalized spacial score (nSPS) is 14.4. The number of carbonyl (C=O) groups excluding carboxylic acids is 1. The molecule has 7 nitrogen and oxygen atoms in total. The van der Waals surface area contributed by atoms with E-state index in [4.69, 9.17) is 9.72 Å². The number of methoxy groups -OCH3 is 1. The SMILES string of the molecule is COc1ccc(CNC(=O)N2CCN(c3nc4ccccc4n3C)CC2)cc1. The van der Waals surface area contributed by atoms with Gasteiger partial charge in [0.05, 0.1) is 18.1 Å². The highest BCUT2D eigenvalue weighted by atomic mass is 16.5. The van der Waals surface area contributed by atoms with E-state index in [1.807, 2.05) is 54.4 Å². The predicted molar refractivity (Wildman–Crippen MR) is 110 cm³/mol. The molecule has 2 amide bonds. The third-order valence-corrected chi connectivity index (χ3v) is 5.22. The molecule has 28 heavy (non-hydrogen) atoms. The fraction of sp³-hybridized carbons (Fsp3) is 0.333. The Labute approximate surface area is 164 Å². The van der Waals surface area contributed by atoms with Crippen LogP contribution in [0.5, 0.6) is 5.75 Å². The number of nitrogens with zero attached hydrogens (tertiary/aromatic N) is 4. The quantitative estimate of drug-likeness (QED) is 0.757. The molecule has 1 fully saturated rings. The van der Waals surface area contributed by atoms with Gasteiger partial charge in [0.1, 0.15) is 5.75 Å². The number of rotatable bonds is 4. The van der Waals surface area contributed by atoms with E-state index in [0.29, 0.717) is 19.6 Å². The molecule has 0 atom stereocenters. The van der Waals surface area contributed by atoms with E-state index < -0.39 is 0 Å². The summed E-state index contributed by atoms with van der Waals surface area (Å²) in [5, 5.41) is 3.00. The zero-order valence-electron chi connectivity index (χ0n) is 16.3. The number of nitrogens with one attached hydrogen (secondary N) is 1. The summed E-state index contributed by atoms with van der Waals surface area (Å²) in [5.41, 5.74) is 3.17. The van der Waals surface area contributed by atoms with Crippen molar-refractivity contribution in [3.8, 4) is 5.75 Å². The van der Waals surface area contributed by atoms with Crippen molar-refractivity contribution in [1.29, 1.82) is 0 Å². The second-order valence-electron chi connectivity index (χ2n) is 6.94. The van der Waals surface area contributed by atoms with Crippen molar-refractivity contribution in [2.24, 2.45) is 7.05 Å². The Morgan fingerprint density at radius 2 is 1.79 bits per heavy atom. The number of fused-ring (bicyclic) bond motifs is 1. The molecule has 0 bridgehead atoms. The molecule has 1 N–H and O–H groups in total. The summed E-state index contributed by atoms with van der Waals surface area (Å²) in [5.74, 6) is 1.77. The first-order valence-electron chi connectivity index (χ1n) is 9.48. The molecular formula is C21H25N5O2. The van der Waals surface area contributed by atoms with Crippen LogP contribution in [0.15, 0.2) is 48.5 Å². The van der Waals surface area contributed by atoms with Crippen LogP contribution in [-0.2, 0) is 13.6 Å². The molecule has 1 aliphatic heterocycles. The molecule has 4 rings (SSSR count). The lowest BCUT2D eigenvalue weighted by Gasteiger charge is -2.35. The smallest absolute Gasteiger partial charge is 0.317 e. The summed E-state index contributed by atoms with van der Waals surface area (Å²) in [6.07, 6.45) is 0. The fourth-order valence-electron chi connectivity index (χ4n) is 3.56. The van der Waals surface area contributed by atoms with Crippen molar-refractivity contribution in [2.45, 2.75) is 6.54 Å². The van der Waals surface area contributed by atoms with Crippen molar-refractivity contribution in [3.63, 3.8) is 0 Å². The molecule has 2 aromatic carbocycles. The lowest BCUT2D eigenvalue weighted by atomic mass is 10.2. The molecular weight excluding hydrogens is 354 g/mol. The van der Waals surface area contributed by atoms with Gasteiger partial charge in [0, 0.05) is 39.8 Å². The number of amides is 2. The monoisotopic (exact) mass is 379 g/mol. The third-order valence-electron chi connectivity index (χ3n) is 5.22. The summed E-state index contributed by atoms with van der Waals surface area (Å²) in [4.78, 5) is 21.4. The Balaban J connectivity index is 1.32. The molecule has 1 saturated heterocycles. The minimum Gasteiger partial charge on any atom is -0.497 e. The van der Waals surface area contributed by atoms with Gasteiger partial charge in [-0.15, -0.1) is 0 Å². The second kappa shape index (κ2) is 7.80. The first kappa shape index (κ1) is 18.2. The van der Waals surface area contributed by atoms with E-state index >= 15 is 0 Å². The molecule has 7 heteroatoms. The topological polar surface area (TPSA) is 62.6 Å². The minimum atomic E-state index is -0.0273. The van der Waals surface area contributed by atoms with Crippen molar-refractivity contribution >= 4 is 23.0 Å². The lowest BCUT2D eigenvalue weighted by molar-refractivity contribution is 0.193. The van der Waals surface area contributed by atoms with Crippen molar-refractivity contribution in [2.75, 3.05) is 38.2 Å². The van der Waals surface area contributed by atoms with Crippen LogP contribution in [0.2, 0.25) is 0 Å². The van der Waals surface area contributed by atoms with Crippen LogP contribution in [0.3, 0.4) is 0 Å². The third kappa shape index (κ3) is 3.60. The molecule has 3 aromatic rings. The highest BCUT2D eigenvalue weighted by Crippen LogP contribution is 2.22. The summed E-state index contributed by atoms with van der Waals surface area (Å²) >= 11 is 0. The van der Waals surface area contributed by atoms with Crippen LogP contribution in [-0.4, -0.2) is 53.8 Å². The number of urea groups is 1. The number of benzene rings is 2. The molecule has 0 spiro atoms. The number of piperazine rings is 1. The number of para-hydroxylation sites is 2. The maximum absolute atomic E-state index is 12.5. The van der Waals surface area contributed by atoms with E-state index in [2.05, 4.69) is 20.9 Å². The van der Waals surface area contributed by atoms with Crippen molar-refractivity contribution in [1.82, 2.24) is 19.8 Å². The predicted octanol–water partition coefficient (Wildman–Crippen LogP) is 2.61. The van der Waals surface area contributed by atoms with Gasteiger partial charge < -0.3 is 24.4 Å².